The largest absolute Gasteiger partial charge is 0.463 e. The summed E-state index contributed by atoms with van der Waals surface area (Å²) in [6.45, 7) is 0.566. The topological polar surface area (TPSA) is 90.8 Å². The first kappa shape index (κ1) is 18.7. The van der Waals surface area contributed by atoms with E-state index in [0.717, 1.165) is 24.1 Å². The summed E-state index contributed by atoms with van der Waals surface area (Å²) in [6.07, 6.45) is 3.04. The quantitative estimate of drug-likeness (QED) is 0.498. The molecular formula is C21H20FN5O2. The molecule has 4 rings (SSSR count). The van der Waals surface area contributed by atoms with Crippen LogP contribution in [0.25, 0.3) is 22.7 Å². The van der Waals surface area contributed by atoms with Crippen LogP contribution >= 0.6 is 0 Å². The van der Waals surface area contributed by atoms with Gasteiger partial charge >= 0.3 is 0 Å². The van der Waals surface area contributed by atoms with Crippen LogP contribution in [-0.4, -0.2) is 44.8 Å². The van der Waals surface area contributed by atoms with Crippen molar-refractivity contribution in [1.29, 1.82) is 0 Å². The van der Waals surface area contributed by atoms with Gasteiger partial charge in [0, 0.05) is 30.9 Å². The number of aromatic amines is 2. The monoisotopic (exact) mass is 393 g/mol. The molecule has 0 saturated heterocycles. The van der Waals surface area contributed by atoms with Crippen molar-refractivity contribution >= 4 is 5.91 Å². The van der Waals surface area contributed by atoms with Crippen molar-refractivity contribution in [2.24, 2.45) is 0 Å². The number of aromatic nitrogens is 4. The third-order valence-corrected chi connectivity index (χ3v) is 4.62. The highest BCUT2D eigenvalue weighted by atomic mass is 19.1. The highest BCUT2D eigenvalue weighted by Crippen LogP contribution is 2.20. The van der Waals surface area contributed by atoms with Gasteiger partial charge in [-0.1, -0.05) is 12.1 Å². The molecule has 0 aliphatic heterocycles. The van der Waals surface area contributed by atoms with Crippen LogP contribution in [0.1, 0.15) is 22.6 Å². The molecule has 0 unspecified atom stereocenters. The van der Waals surface area contributed by atoms with Crippen molar-refractivity contribution in [2.45, 2.75) is 12.8 Å². The van der Waals surface area contributed by atoms with Gasteiger partial charge in [0.25, 0.3) is 5.91 Å². The van der Waals surface area contributed by atoms with Crippen molar-refractivity contribution in [3.63, 3.8) is 0 Å². The van der Waals surface area contributed by atoms with Crippen LogP contribution < -0.4 is 0 Å². The summed E-state index contributed by atoms with van der Waals surface area (Å²) < 4.78 is 18.7. The van der Waals surface area contributed by atoms with Gasteiger partial charge in [0.05, 0.1) is 12.0 Å². The lowest BCUT2D eigenvalue weighted by Gasteiger charge is -2.15. The van der Waals surface area contributed by atoms with Gasteiger partial charge in [-0.05, 0) is 43.2 Å². The predicted octanol–water partition coefficient (Wildman–Crippen LogP) is 3.90. The summed E-state index contributed by atoms with van der Waals surface area (Å²) in [6, 6.07) is 13.5. The Labute approximate surface area is 166 Å². The fourth-order valence-electron chi connectivity index (χ4n) is 3.08. The van der Waals surface area contributed by atoms with Crippen LogP contribution in [0.5, 0.6) is 0 Å². The van der Waals surface area contributed by atoms with Crippen molar-refractivity contribution in [3.05, 3.63) is 72.0 Å². The molecule has 148 valence electrons. The number of halogens is 1. The number of rotatable bonds is 7. The summed E-state index contributed by atoms with van der Waals surface area (Å²) in [5.74, 6) is 0.178. The third-order valence-electron chi connectivity index (χ3n) is 4.62. The van der Waals surface area contributed by atoms with Crippen molar-refractivity contribution in [1.82, 2.24) is 25.3 Å². The molecule has 8 heteroatoms. The molecule has 0 spiro atoms. The lowest BCUT2D eigenvalue weighted by molar-refractivity contribution is 0.0787. The number of carbonyl (C=O) groups is 1. The fourth-order valence-corrected chi connectivity index (χ4v) is 3.08. The Bertz CT molecular complexity index is 1100. The van der Waals surface area contributed by atoms with E-state index < -0.39 is 0 Å². The van der Waals surface area contributed by atoms with Crippen LogP contribution in [-0.2, 0) is 6.42 Å². The molecule has 0 fully saturated rings. The Kier molecular flexibility index (Phi) is 5.24. The van der Waals surface area contributed by atoms with Crippen LogP contribution in [0, 0.1) is 5.82 Å². The molecule has 7 nitrogen and oxygen atoms in total. The van der Waals surface area contributed by atoms with Crippen LogP contribution in [0.3, 0.4) is 0 Å². The Morgan fingerprint density at radius 2 is 2.03 bits per heavy atom. The van der Waals surface area contributed by atoms with Crippen molar-refractivity contribution < 1.29 is 13.6 Å². The average Bonchev–Trinajstić information content (AvgIpc) is 3.48. The van der Waals surface area contributed by atoms with Gasteiger partial charge in [-0.15, -0.1) is 0 Å². The smallest absolute Gasteiger partial charge is 0.274 e. The van der Waals surface area contributed by atoms with E-state index in [-0.39, 0.29) is 11.7 Å². The number of H-pyrrole nitrogens is 2. The standard InChI is InChI=1S/C21H20FN5O2/c1-27(21(28)19-13-18(25-26-19)20-8-4-10-29-20)9-3-7-16-12-17(24-23-16)14-5-2-6-15(22)11-14/h2,4-6,8,10-13H,3,7,9H2,1H3,(H,23,24)(H,25,26). The Morgan fingerprint density at radius 1 is 1.14 bits per heavy atom. The first-order valence-corrected chi connectivity index (χ1v) is 9.25. The lowest BCUT2D eigenvalue weighted by atomic mass is 10.1. The number of nitrogens with zero attached hydrogens (tertiary/aromatic N) is 3. The van der Waals surface area contributed by atoms with E-state index in [9.17, 15) is 9.18 Å². The molecule has 0 aliphatic rings. The van der Waals surface area contributed by atoms with Crippen LogP contribution in [0.4, 0.5) is 4.39 Å². The minimum atomic E-state index is -0.291. The highest BCUT2D eigenvalue weighted by molar-refractivity contribution is 5.93. The maximum Gasteiger partial charge on any atom is 0.274 e. The van der Waals surface area contributed by atoms with E-state index in [0.29, 0.717) is 29.4 Å². The average molecular weight is 393 g/mol. The lowest BCUT2D eigenvalue weighted by Crippen LogP contribution is -2.28. The second kappa shape index (κ2) is 8.14. The first-order chi connectivity index (χ1) is 14.1. The van der Waals surface area contributed by atoms with Gasteiger partial charge in [-0.2, -0.15) is 10.2 Å². The van der Waals surface area contributed by atoms with Gasteiger partial charge < -0.3 is 9.32 Å². The summed E-state index contributed by atoms with van der Waals surface area (Å²) in [7, 11) is 1.74. The van der Waals surface area contributed by atoms with Crippen molar-refractivity contribution in [3.8, 4) is 22.7 Å². The number of benzene rings is 1. The molecule has 0 aliphatic carbocycles. The van der Waals surface area contributed by atoms with Gasteiger partial charge in [-0.3, -0.25) is 15.0 Å². The zero-order valence-electron chi connectivity index (χ0n) is 15.9. The number of nitrogens with one attached hydrogen (secondary N) is 2. The van der Waals surface area contributed by atoms with E-state index in [1.165, 1.54) is 12.1 Å². The molecule has 1 aromatic carbocycles. The summed E-state index contributed by atoms with van der Waals surface area (Å²) >= 11 is 0. The predicted molar refractivity (Wildman–Crippen MR) is 106 cm³/mol. The van der Waals surface area contributed by atoms with Gasteiger partial charge in [0.2, 0.25) is 0 Å². The maximum atomic E-state index is 13.4. The molecule has 0 bridgehead atoms. The molecule has 0 atom stereocenters. The zero-order chi connectivity index (χ0) is 20.2. The molecular weight excluding hydrogens is 373 g/mol. The molecule has 1 amide bonds. The Balaban J connectivity index is 1.31. The number of amides is 1. The number of hydrogen-bond acceptors (Lipinski definition) is 4. The van der Waals surface area contributed by atoms with Gasteiger partial charge in [0.15, 0.2) is 11.5 Å². The second-order valence-corrected chi connectivity index (χ2v) is 6.76. The molecule has 4 aromatic rings. The van der Waals surface area contributed by atoms with Crippen molar-refractivity contribution in [2.75, 3.05) is 13.6 Å². The van der Waals surface area contributed by atoms with E-state index in [1.54, 1.807) is 42.5 Å². The fraction of sp³-hybridized carbons (Fsp3) is 0.190. The molecule has 29 heavy (non-hydrogen) atoms. The first-order valence-electron chi connectivity index (χ1n) is 9.25. The number of furan rings is 1. The van der Waals surface area contributed by atoms with Gasteiger partial charge in [-0.25, -0.2) is 4.39 Å². The van der Waals surface area contributed by atoms with Gasteiger partial charge in [0.1, 0.15) is 11.5 Å². The SMILES string of the molecule is CN(CCCc1cc(-c2cccc(F)c2)n[nH]1)C(=O)c1cc(-c2ccco2)[nH]n1. The van der Waals surface area contributed by atoms with E-state index in [2.05, 4.69) is 20.4 Å². The summed E-state index contributed by atoms with van der Waals surface area (Å²) in [4.78, 5) is 14.2. The maximum absolute atomic E-state index is 13.4. The van der Waals surface area contributed by atoms with E-state index >= 15 is 0 Å². The highest BCUT2D eigenvalue weighted by Gasteiger charge is 2.16. The van der Waals surface area contributed by atoms with Crippen LogP contribution in [0.15, 0.2) is 59.2 Å². The molecule has 0 radical (unpaired) electrons. The van der Waals surface area contributed by atoms with E-state index in [1.807, 2.05) is 12.1 Å². The Morgan fingerprint density at radius 3 is 2.83 bits per heavy atom. The molecule has 3 heterocycles. The number of carbonyl (C=O) groups excluding carboxylic acids is 1. The minimum absolute atomic E-state index is 0.163. The second-order valence-electron chi connectivity index (χ2n) is 6.76. The van der Waals surface area contributed by atoms with E-state index in [4.69, 9.17) is 4.42 Å². The third kappa shape index (κ3) is 4.26. The normalized spacial score (nSPS) is 11.0. The summed E-state index contributed by atoms with van der Waals surface area (Å²) in [5, 5.41) is 14.1. The Hall–Kier alpha value is -3.68. The zero-order valence-corrected chi connectivity index (χ0v) is 15.9. The number of hydrogen-bond donors (Lipinski definition) is 2. The molecule has 0 saturated carbocycles. The van der Waals surface area contributed by atoms with Crippen LogP contribution in [0.2, 0.25) is 0 Å². The summed E-state index contributed by atoms with van der Waals surface area (Å²) in [5.41, 5.74) is 3.37. The minimum Gasteiger partial charge on any atom is -0.463 e. The molecule has 2 N–H and O–H groups in total. The number of aryl methyl sites for hydroxylation is 1. The molecule has 3 aromatic heterocycles.